The van der Waals surface area contributed by atoms with Gasteiger partial charge in [-0.15, -0.1) is 0 Å². The molecule has 0 aliphatic heterocycles. The van der Waals surface area contributed by atoms with Crippen molar-refractivity contribution >= 4 is 21.6 Å². The number of sulfonamides is 1. The normalized spacial score (nSPS) is 15.7. The van der Waals surface area contributed by atoms with Crippen LogP contribution in [0, 0.1) is 20.8 Å². The molecule has 2 aromatic rings. The third-order valence-electron chi connectivity index (χ3n) is 6.32. The van der Waals surface area contributed by atoms with E-state index in [9.17, 15) is 39.6 Å². The first-order valence-electron chi connectivity index (χ1n) is 11.7. The standard InChI is InChI=1S/C25H28F6N2O3S/c1-15-9-16(2)23(17(3)10-15)37(35,36)33(21-7-5-4-6-8-21)14-22(34)32-20-12-18(24(26,27)28)11-19(13-20)25(29,30)31/h9-13,21H,4-8,14H2,1-3H3,(H,32,34). The van der Waals surface area contributed by atoms with Crippen LogP contribution in [0.25, 0.3) is 0 Å². The number of hydrogen-bond donors (Lipinski definition) is 1. The number of carbonyl (C=O) groups excluding carboxylic acids is 1. The van der Waals surface area contributed by atoms with Crippen molar-refractivity contribution in [2.45, 2.75) is 76.2 Å². The van der Waals surface area contributed by atoms with Crippen molar-refractivity contribution in [2.24, 2.45) is 0 Å². The monoisotopic (exact) mass is 550 g/mol. The van der Waals surface area contributed by atoms with Crippen LogP contribution in [0.15, 0.2) is 35.2 Å². The highest BCUT2D eigenvalue weighted by Crippen LogP contribution is 2.38. The fourth-order valence-electron chi connectivity index (χ4n) is 4.84. The zero-order chi connectivity index (χ0) is 27.8. The predicted octanol–water partition coefficient (Wildman–Crippen LogP) is 6.61. The van der Waals surface area contributed by atoms with Gasteiger partial charge in [-0.2, -0.15) is 30.6 Å². The summed E-state index contributed by atoms with van der Waals surface area (Å²) in [5.41, 5.74) is -2.09. The molecule has 5 nitrogen and oxygen atoms in total. The van der Waals surface area contributed by atoms with E-state index < -0.39 is 57.7 Å². The molecule has 1 fully saturated rings. The highest BCUT2D eigenvalue weighted by atomic mass is 32.2. The molecule has 1 saturated carbocycles. The lowest BCUT2D eigenvalue weighted by Crippen LogP contribution is -2.46. The minimum absolute atomic E-state index is 0.0369. The van der Waals surface area contributed by atoms with Crippen molar-refractivity contribution < 1.29 is 39.6 Å². The van der Waals surface area contributed by atoms with Crippen LogP contribution in [0.2, 0.25) is 0 Å². The smallest absolute Gasteiger partial charge is 0.325 e. The van der Waals surface area contributed by atoms with Crippen molar-refractivity contribution in [1.29, 1.82) is 0 Å². The Bertz CT molecular complexity index is 1210. The molecule has 12 heteroatoms. The van der Waals surface area contributed by atoms with E-state index >= 15 is 0 Å². The number of amides is 1. The summed E-state index contributed by atoms with van der Waals surface area (Å²) >= 11 is 0. The number of alkyl halides is 6. The third kappa shape index (κ3) is 6.84. The molecule has 1 aliphatic rings. The molecule has 0 saturated heterocycles. The van der Waals surface area contributed by atoms with Gasteiger partial charge in [-0.25, -0.2) is 8.42 Å². The molecule has 1 amide bonds. The first-order valence-corrected chi connectivity index (χ1v) is 13.1. The largest absolute Gasteiger partial charge is 0.416 e. The van der Waals surface area contributed by atoms with Gasteiger partial charge >= 0.3 is 12.4 Å². The van der Waals surface area contributed by atoms with Crippen molar-refractivity contribution in [2.75, 3.05) is 11.9 Å². The number of hydrogen-bond acceptors (Lipinski definition) is 3. The van der Waals surface area contributed by atoms with Crippen molar-refractivity contribution in [3.8, 4) is 0 Å². The van der Waals surface area contributed by atoms with Crippen LogP contribution in [-0.4, -0.2) is 31.2 Å². The second-order valence-corrected chi connectivity index (χ2v) is 11.2. The second kappa shape index (κ2) is 10.6. The molecular weight excluding hydrogens is 522 g/mol. The van der Waals surface area contributed by atoms with Gasteiger partial charge in [0.15, 0.2) is 0 Å². The molecule has 0 spiro atoms. The Morgan fingerprint density at radius 3 is 1.81 bits per heavy atom. The van der Waals surface area contributed by atoms with Crippen LogP contribution in [0.3, 0.4) is 0 Å². The number of nitrogens with zero attached hydrogens (tertiary/aromatic N) is 1. The summed E-state index contributed by atoms with van der Waals surface area (Å²) in [6.45, 7) is 4.32. The van der Waals surface area contributed by atoms with Crippen molar-refractivity contribution in [1.82, 2.24) is 4.31 Å². The molecule has 0 bridgehead atoms. The Labute approximate surface area is 211 Å². The average molecular weight is 551 g/mol. The van der Waals surface area contributed by atoms with E-state index in [0.29, 0.717) is 36.1 Å². The number of nitrogens with one attached hydrogen (secondary N) is 1. The summed E-state index contributed by atoms with van der Waals surface area (Å²) in [4.78, 5) is 12.9. The van der Waals surface area contributed by atoms with Crippen LogP contribution in [-0.2, 0) is 27.2 Å². The zero-order valence-corrected chi connectivity index (χ0v) is 21.4. The molecule has 0 radical (unpaired) electrons. The summed E-state index contributed by atoms with van der Waals surface area (Å²) < 4.78 is 108. The lowest BCUT2D eigenvalue weighted by atomic mass is 9.95. The van der Waals surface area contributed by atoms with Gasteiger partial charge in [-0.05, 0) is 62.9 Å². The molecule has 204 valence electrons. The van der Waals surface area contributed by atoms with E-state index in [0.717, 1.165) is 29.1 Å². The average Bonchev–Trinajstić information content (AvgIpc) is 2.75. The summed E-state index contributed by atoms with van der Waals surface area (Å²) in [5.74, 6) is -1.04. The SMILES string of the molecule is Cc1cc(C)c(S(=O)(=O)N(CC(=O)Nc2cc(C(F)(F)F)cc(C(F)(F)F)c2)C2CCCCC2)c(C)c1. The summed E-state index contributed by atoms with van der Waals surface area (Å²) in [7, 11) is -4.22. The molecule has 3 rings (SSSR count). The number of carbonyl (C=O) groups is 1. The topological polar surface area (TPSA) is 66.5 Å². The first kappa shape index (κ1) is 29.0. The second-order valence-electron chi connectivity index (χ2n) is 9.41. The summed E-state index contributed by atoms with van der Waals surface area (Å²) in [6.07, 6.45) is -6.85. The van der Waals surface area contributed by atoms with Gasteiger partial charge < -0.3 is 5.32 Å². The minimum Gasteiger partial charge on any atom is -0.325 e. The van der Waals surface area contributed by atoms with Crippen molar-refractivity contribution in [3.63, 3.8) is 0 Å². The molecule has 1 N–H and O–H groups in total. The maximum Gasteiger partial charge on any atom is 0.416 e. The number of benzene rings is 2. The van der Waals surface area contributed by atoms with E-state index in [1.54, 1.807) is 26.0 Å². The van der Waals surface area contributed by atoms with Crippen molar-refractivity contribution in [3.05, 3.63) is 58.1 Å². The third-order valence-corrected chi connectivity index (χ3v) is 8.53. The fourth-order valence-corrected chi connectivity index (χ4v) is 6.90. The lowest BCUT2D eigenvalue weighted by molar-refractivity contribution is -0.143. The number of halogens is 6. The highest BCUT2D eigenvalue weighted by molar-refractivity contribution is 7.89. The van der Waals surface area contributed by atoms with Crippen LogP contribution in [0.5, 0.6) is 0 Å². The van der Waals surface area contributed by atoms with E-state index in [2.05, 4.69) is 5.32 Å². The van der Waals surface area contributed by atoms with Gasteiger partial charge in [0.2, 0.25) is 15.9 Å². The predicted molar refractivity (Wildman–Crippen MR) is 126 cm³/mol. The molecule has 1 aliphatic carbocycles. The van der Waals surface area contributed by atoms with Crippen LogP contribution < -0.4 is 5.32 Å². The van der Waals surface area contributed by atoms with E-state index in [-0.39, 0.29) is 11.0 Å². The van der Waals surface area contributed by atoms with Crippen LogP contribution in [0.4, 0.5) is 32.0 Å². The maximum atomic E-state index is 13.8. The molecule has 0 unspecified atom stereocenters. The van der Waals surface area contributed by atoms with Gasteiger partial charge in [0.25, 0.3) is 0 Å². The highest BCUT2D eigenvalue weighted by Gasteiger charge is 2.38. The zero-order valence-electron chi connectivity index (χ0n) is 20.6. The van der Waals surface area contributed by atoms with E-state index in [1.165, 1.54) is 0 Å². The Morgan fingerprint density at radius 1 is 0.865 bits per heavy atom. The minimum atomic E-state index is -5.08. The van der Waals surface area contributed by atoms with E-state index in [1.807, 2.05) is 6.92 Å². The van der Waals surface area contributed by atoms with E-state index in [4.69, 9.17) is 0 Å². The Morgan fingerprint density at radius 2 is 1.35 bits per heavy atom. The quantitative estimate of drug-likeness (QED) is 0.412. The summed E-state index contributed by atoms with van der Waals surface area (Å²) in [6, 6.07) is 3.59. The van der Waals surface area contributed by atoms with Gasteiger partial charge in [0.1, 0.15) is 0 Å². The Hall–Kier alpha value is -2.60. The molecule has 0 aromatic heterocycles. The fraction of sp³-hybridized carbons (Fsp3) is 0.480. The Kier molecular flexibility index (Phi) is 8.33. The first-order chi connectivity index (χ1) is 17.0. The summed E-state index contributed by atoms with van der Waals surface area (Å²) in [5, 5.41) is 2.05. The van der Waals surface area contributed by atoms with Gasteiger partial charge in [-0.3, -0.25) is 4.79 Å². The molecule has 37 heavy (non-hydrogen) atoms. The lowest BCUT2D eigenvalue weighted by Gasteiger charge is -2.33. The van der Waals surface area contributed by atoms with Crippen LogP contribution in [0.1, 0.15) is 59.9 Å². The van der Waals surface area contributed by atoms with Crippen LogP contribution >= 0.6 is 0 Å². The number of anilines is 1. The molecule has 0 atom stereocenters. The molecule has 0 heterocycles. The number of rotatable bonds is 6. The number of aryl methyl sites for hydroxylation is 3. The maximum absolute atomic E-state index is 13.8. The Balaban J connectivity index is 1.98. The molecular formula is C25H28F6N2O3S. The van der Waals surface area contributed by atoms with Gasteiger partial charge in [0, 0.05) is 11.7 Å². The van der Waals surface area contributed by atoms with Gasteiger partial charge in [-0.1, -0.05) is 37.0 Å². The van der Waals surface area contributed by atoms with Gasteiger partial charge in [0.05, 0.1) is 22.6 Å². The molecule has 2 aromatic carbocycles.